The zero-order valence-electron chi connectivity index (χ0n) is 15.2. The lowest BCUT2D eigenvalue weighted by Crippen LogP contribution is -2.37. The van der Waals surface area contributed by atoms with Crippen LogP contribution >= 0.6 is 11.6 Å². The van der Waals surface area contributed by atoms with Crippen LogP contribution in [0.15, 0.2) is 40.1 Å². The van der Waals surface area contributed by atoms with Crippen LogP contribution in [0.25, 0.3) is 11.0 Å². The molecule has 2 N–H and O–H groups in total. The average Bonchev–Trinajstić information content (AvgIpc) is 2.66. The number of fused-ring (bicyclic) bond motifs is 1. The number of aryl methyl sites for hydroxylation is 1. The van der Waals surface area contributed by atoms with Crippen molar-refractivity contribution in [1.82, 2.24) is 14.1 Å². The SMILES string of the molecule is CC(=O)Nc1ccc(NC(=O)c2cnc3c(c2)c(=O)n(C)c(=O)n3C)cc1Cl. The average molecular weight is 402 g/mol. The molecule has 2 aromatic heterocycles. The maximum Gasteiger partial charge on any atom is 0.332 e. The topological polar surface area (TPSA) is 115 Å². The first-order valence-electron chi connectivity index (χ1n) is 8.13. The van der Waals surface area contributed by atoms with Gasteiger partial charge in [-0.05, 0) is 24.3 Å². The number of rotatable bonds is 3. The first kappa shape index (κ1) is 19.3. The number of pyridine rings is 1. The van der Waals surface area contributed by atoms with Crippen molar-refractivity contribution in [2.75, 3.05) is 10.6 Å². The smallest absolute Gasteiger partial charge is 0.325 e. The maximum atomic E-state index is 12.5. The number of carbonyl (C=O) groups excluding carboxylic acids is 2. The van der Waals surface area contributed by atoms with Gasteiger partial charge in [0.25, 0.3) is 11.5 Å². The molecule has 28 heavy (non-hydrogen) atoms. The molecule has 0 atom stereocenters. The Balaban J connectivity index is 1.94. The van der Waals surface area contributed by atoms with E-state index in [2.05, 4.69) is 15.6 Å². The molecule has 3 rings (SSSR count). The van der Waals surface area contributed by atoms with E-state index in [4.69, 9.17) is 11.6 Å². The number of nitrogens with zero attached hydrogens (tertiary/aromatic N) is 3. The van der Waals surface area contributed by atoms with Gasteiger partial charge in [-0.3, -0.25) is 23.5 Å². The maximum absolute atomic E-state index is 12.5. The van der Waals surface area contributed by atoms with Crippen LogP contribution in [-0.2, 0) is 18.9 Å². The van der Waals surface area contributed by atoms with E-state index in [9.17, 15) is 19.2 Å². The molecule has 0 bridgehead atoms. The summed E-state index contributed by atoms with van der Waals surface area (Å²) >= 11 is 6.10. The summed E-state index contributed by atoms with van der Waals surface area (Å²) in [6.45, 7) is 1.36. The summed E-state index contributed by atoms with van der Waals surface area (Å²) in [6, 6.07) is 6.00. The molecule has 0 fully saturated rings. The number of carbonyl (C=O) groups is 2. The molecule has 1 aromatic carbocycles. The molecule has 3 aromatic rings. The lowest BCUT2D eigenvalue weighted by atomic mass is 10.2. The van der Waals surface area contributed by atoms with Crippen LogP contribution in [0, 0.1) is 0 Å². The van der Waals surface area contributed by atoms with E-state index in [-0.39, 0.29) is 27.5 Å². The fourth-order valence-electron chi connectivity index (χ4n) is 2.68. The molecule has 0 aliphatic carbocycles. The number of nitrogens with one attached hydrogen (secondary N) is 2. The standard InChI is InChI=1S/C18H16ClN5O4/c1-9(25)21-14-5-4-11(7-13(14)19)22-16(26)10-6-12-15(20-8-10)23(2)18(28)24(3)17(12)27/h4-8H,1-3H3,(H,21,25)(H,22,26). The van der Waals surface area contributed by atoms with Crippen LogP contribution in [0.4, 0.5) is 11.4 Å². The molecule has 0 aliphatic rings. The summed E-state index contributed by atoms with van der Waals surface area (Å²) < 4.78 is 2.19. The summed E-state index contributed by atoms with van der Waals surface area (Å²) in [6.07, 6.45) is 1.28. The van der Waals surface area contributed by atoms with Gasteiger partial charge in [-0.25, -0.2) is 9.78 Å². The van der Waals surface area contributed by atoms with Crippen LogP contribution in [0.5, 0.6) is 0 Å². The molecule has 0 spiro atoms. The van der Waals surface area contributed by atoms with Crippen LogP contribution < -0.4 is 21.9 Å². The van der Waals surface area contributed by atoms with Crippen molar-refractivity contribution in [1.29, 1.82) is 0 Å². The molecule has 0 saturated heterocycles. The number of hydrogen-bond donors (Lipinski definition) is 2. The first-order chi connectivity index (χ1) is 13.2. The molecule has 0 radical (unpaired) electrons. The Labute approximate surface area is 163 Å². The molecule has 0 unspecified atom stereocenters. The van der Waals surface area contributed by atoms with Crippen molar-refractivity contribution < 1.29 is 9.59 Å². The van der Waals surface area contributed by atoms with E-state index < -0.39 is 17.2 Å². The highest BCUT2D eigenvalue weighted by atomic mass is 35.5. The minimum atomic E-state index is -0.539. The number of aromatic nitrogens is 3. The van der Waals surface area contributed by atoms with Gasteiger partial charge in [-0.15, -0.1) is 0 Å². The Bertz CT molecular complexity index is 1250. The summed E-state index contributed by atoms with van der Waals surface area (Å²) in [5.74, 6) is -0.773. The van der Waals surface area contributed by atoms with E-state index in [1.807, 2.05) is 0 Å². The fraction of sp³-hybridized carbons (Fsp3) is 0.167. The molecule has 10 heteroatoms. The predicted octanol–water partition coefficient (Wildman–Crippen LogP) is 1.50. The molecular formula is C18H16ClN5O4. The van der Waals surface area contributed by atoms with Crippen molar-refractivity contribution in [2.24, 2.45) is 14.1 Å². The summed E-state index contributed by atoms with van der Waals surface area (Å²) in [4.78, 5) is 52.0. The lowest BCUT2D eigenvalue weighted by Gasteiger charge is -2.10. The lowest BCUT2D eigenvalue weighted by molar-refractivity contribution is -0.114. The van der Waals surface area contributed by atoms with E-state index in [1.54, 1.807) is 12.1 Å². The predicted molar refractivity (Wildman–Crippen MR) is 106 cm³/mol. The van der Waals surface area contributed by atoms with Crippen LogP contribution in [-0.4, -0.2) is 25.9 Å². The highest BCUT2D eigenvalue weighted by molar-refractivity contribution is 6.34. The highest BCUT2D eigenvalue weighted by Crippen LogP contribution is 2.25. The highest BCUT2D eigenvalue weighted by Gasteiger charge is 2.14. The second-order valence-electron chi connectivity index (χ2n) is 6.13. The van der Waals surface area contributed by atoms with Crippen molar-refractivity contribution in [3.05, 3.63) is 61.9 Å². The normalized spacial score (nSPS) is 10.7. The Kier molecular flexibility index (Phi) is 5.02. The number of hydrogen-bond acceptors (Lipinski definition) is 5. The van der Waals surface area contributed by atoms with Gasteiger partial charge in [-0.1, -0.05) is 11.6 Å². The van der Waals surface area contributed by atoms with Crippen LogP contribution in [0.3, 0.4) is 0 Å². The van der Waals surface area contributed by atoms with Crippen molar-refractivity contribution >= 4 is 45.8 Å². The minimum Gasteiger partial charge on any atom is -0.325 e. The van der Waals surface area contributed by atoms with Crippen molar-refractivity contribution in [3.63, 3.8) is 0 Å². The largest absolute Gasteiger partial charge is 0.332 e. The van der Waals surface area contributed by atoms with Gasteiger partial charge in [-0.2, -0.15) is 0 Å². The van der Waals surface area contributed by atoms with Gasteiger partial charge in [0.1, 0.15) is 5.65 Å². The summed E-state index contributed by atoms with van der Waals surface area (Å²) in [5, 5.41) is 5.63. The molecule has 2 amide bonds. The molecule has 0 saturated carbocycles. The van der Waals surface area contributed by atoms with Gasteiger partial charge in [0, 0.05) is 32.9 Å². The van der Waals surface area contributed by atoms with Gasteiger partial charge < -0.3 is 10.6 Å². The number of halogens is 1. The second kappa shape index (κ2) is 7.28. The Hall–Kier alpha value is -3.46. The Morgan fingerprint density at radius 2 is 1.79 bits per heavy atom. The van der Waals surface area contributed by atoms with E-state index in [1.165, 1.54) is 43.9 Å². The third kappa shape index (κ3) is 3.52. The fourth-order valence-corrected chi connectivity index (χ4v) is 2.90. The number of anilines is 2. The van der Waals surface area contributed by atoms with Crippen molar-refractivity contribution in [3.8, 4) is 0 Å². The van der Waals surface area contributed by atoms with Gasteiger partial charge in [0.05, 0.1) is 21.7 Å². The van der Waals surface area contributed by atoms with E-state index in [0.717, 1.165) is 4.57 Å². The molecule has 0 aliphatic heterocycles. The van der Waals surface area contributed by atoms with E-state index >= 15 is 0 Å². The molecular weight excluding hydrogens is 386 g/mol. The molecule has 144 valence electrons. The zero-order valence-corrected chi connectivity index (χ0v) is 16.0. The van der Waals surface area contributed by atoms with Gasteiger partial charge >= 0.3 is 5.69 Å². The second-order valence-corrected chi connectivity index (χ2v) is 6.54. The van der Waals surface area contributed by atoms with Gasteiger partial charge in [0.2, 0.25) is 5.91 Å². The summed E-state index contributed by atoms with van der Waals surface area (Å²) in [7, 11) is 2.85. The van der Waals surface area contributed by atoms with E-state index in [0.29, 0.717) is 11.4 Å². The third-order valence-electron chi connectivity index (χ3n) is 4.09. The minimum absolute atomic E-state index is 0.144. The van der Waals surface area contributed by atoms with Crippen molar-refractivity contribution in [2.45, 2.75) is 6.92 Å². The van der Waals surface area contributed by atoms with Gasteiger partial charge in [0.15, 0.2) is 0 Å². The first-order valence-corrected chi connectivity index (χ1v) is 8.51. The number of amides is 2. The third-order valence-corrected chi connectivity index (χ3v) is 4.41. The Morgan fingerprint density at radius 3 is 2.43 bits per heavy atom. The molecule has 2 heterocycles. The molecule has 9 nitrogen and oxygen atoms in total. The van der Waals surface area contributed by atoms with Crippen LogP contribution in [0.2, 0.25) is 5.02 Å². The number of benzene rings is 1. The quantitative estimate of drug-likeness (QED) is 0.690. The van der Waals surface area contributed by atoms with Crippen LogP contribution in [0.1, 0.15) is 17.3 Å². The summed E-state index contributed by atoms with van der Waals surface area (Å²) in [5.41, 5.74) is 0.109. The Morgan fingerprint density at radius 1 is 1.07 bits per heavy atom. The zero-order chi connectivity index (χ0) is 20.6. The monoisotopic (exact) mass is 401 g/mol.